The van der Waals surface area contributed by atoms with Crippen molar-refractivity contribution in [2.24, 2.45) is 5.73 Å². The number of rotatable bonds is 5. The molecule has 3 heteroatoms. The minimum Gasteiger partial charge on any atom is -0.353 e. The van der Waals surface area contributed by atoms with E-state index >= 15 is 0 Å². The van der Waals surface area contributed by atoms with Crippen molar-refractivity contribution in [1.29, 1.82) is 0 Å². The third-order valence-corrected chi connectivity index (χ3v) is 5.13. The van der Waals surface area contributed by atoms with Crippen molar-refractivity contribution in [3.8, 4) is 0 Å². The predicted octanol–water partition coefficient (Wildman–Crippen LogP) is 3.10. The average Bonchev–Trinajstić information content (AvgIpc) is 2.55. The highest BCUT2D eigenvalue weighted by atomic mass is 16.2. The van der Waals surface area contributed by atoms with Gasteiger partial charge in [-0.05, 0) is 30.9 Å². The highest BCUT2D eigenvalue weighted by molar-refractivity contribution is 5.87. The Labute approximate surface area is 137 Å². The zero-order valence-electron chi connectivity index (χ0n) is 13.6. The fraction of sp³-hybridized carbons (Fsp3) is 0.350. The van der Waals surface area contributed by atoms with Crippen LogP contribution in [0.2, 0.25) is 0 Å². The molecule has 1 aliphatic carbocycles. The second-order valence-electron chi connectivity index (χ2n) is 6.75. The van der Waals surface area contributed by atoms with Gasteiger partial charge in [0.15, 0.2) is 0 Å². The van der Waals surface area contributed by atoms with Crippen LogP contribution in [0.4, 0.5) is 0 Å². The molecule has 0 radical (unpaired) electrons. The molecule has 3 nitrogen and oxygen atoms in total. The standard InChI is InChI=1S/C20H24N2O/c1-19(21,16-9-4-2-5-10-16)18(23)22-15-20(13-8-14-20)17-11-6-3-7-12-17/h2-7,9-12H,8,13-15,21H2,1H3,(H,22,23). The van der Waals surface area contributed by atoms with E-state index in [-0.39, 0.29) is 11.3 Å². The van der Waals surface area contributed by atoms with E-state index in [1.807, 2.05) is 36.4 Å². The molecule has 3 N–H and O–H groups in total. The SMILES string of the molecule is CC(N)(C(=O)NCC1(c2ccccc2)CCC1)c1ccccc1. The molecule has 23 heavy (non-hydrogen) atoms. The summed E-state index contributed by atoms with van der Waals surface area (Å²) in [5, 5.41) is 3.10. The minimum absolute atomic E-state index is 0.0731. The van der Waals surface area contributed by atoms with Crippen LogP contribution in [0.15, 0.2) is 60.7 Å². The lowest BCUT2D eigenvalue weighted by molar-refractivity contribution is -0.126. The first-order valence-electron chi connectivity index (χ1n) is 8.23. The highest BCUT2D eigenvalue weighted by Crippen LogP contribution is 2.43. The number of benzene rings is 2. The van der Waals surface area contributed by atoms with Crippen LogP contribution in [0.1, 0.15) is 37.3 Å². The van der Waals surface area contributed by atoms with Gasteiger partial charge in [0.2, 0.25) is 5.91 Å². The number of nitrogens with one attached hydrogen (secondary N) is 1. The van der Waals surface area contributed by atoms with Gasteiger partial charge in [-0.25, -0.2) is 0 Å². The molecule has 1 amide bonds. The van der Waals surface area contributed by atoms with Gasteiger partial charge in [0, 0.05) is 12.0 Å². The molecule has 1 fully saturated rings. The minimum atomic E-state index is -1.01. The number of hydrogen-bond acceptors (Lipinski definition) is 2. The van der Waals surface area contributed by atoms with Gasteiger partial charge in [0.1, 0.15) is 5.54 Å². The van der Waals surface area contributed by atoms with Gasteiger partial charge in [0.05, 0.1) is 0 Å². The Morgan fingerprint density at radius 3 is 2.17 bits per heavy atom. The average molecular weight is 308 g/mol. The topological polar surface area (TPSA) is 55.1 Å². The summed E-state index contributed by atoms with van der Waals surface area (Å²) in [5.74, 6) is -0.120. The monoisotopic (exact) mass is 308 g/mol. The smallest absolute Gasteiger partial charge is 0.244 e. The van der Waals surface area contributed by atoms with E-state index in [1.54, 1.807) is 6.92 Å². The van der Waals surface area contributed by atoms with Crippen LogP contribution in [0.3, 0.4) is 0 Å². The molecule has 1 saturated carbocycles. The zero-order chi connectivity index (χ0) is 16.3. The molecule has 2 aromatic carbocycles. The molecule has 2 aromatic rings. The molecule has 0 saturated heterocycles. The molecule has 1 aliphatic rings. The summed E-state index contributed by atoms with van der Waals surface area (Å²) >= 11 is 0. The first kappa shape index (κ1) is 15.8. The number of carbonyl (C=O) groups is 1. The Kier molecular flexibility index (Phi) is 4.22. The van der Waals surface area contributed by atoms with Crippen molar-refractivity contribution in [2.75, 3.05) is 6.54 Å². The van der Waals surface area contributed by atoms with E-state index < -0.39 is 5.54 Å². The van der Waals surface area contributed by atoms with Crippen LogP contribution in [0, 0.1) is 0 Å². The lowest BCUT2D eigenvalue weighted by Gasteiger charge is -2.43. The van der Waals surface area contributed by atoms with Crippen molar-refractivity contribution in [1.82, 2.24) is 5.32 Å². The summed E-state index contributed by atoms with van der Waals surface area (Å²) in [6.07, 6.45) is 3.44. The maximum atomic E-state index is 12.6. The largest absolute Gasteiger partial charge is 0.353 e. The van der Waals surface area contributed by atoms with E-state index in [2.05, 4.69) is 29.6 Å². The van der Waals surface area contributed by atoms with Crippen molar-refractivity contribution in [2.45, 2.75) is 37.1 Å². The summed E-state index contributed by atoms with van der Waals surface area (Å²) < 4.78 is 0. The van der Waals surface area contributed by atoms with Gasteiger partial charge in [-0.2, -0.15) is 0 Å². The highest BCUT2D eigenvalue weighted by Gasteiger charge is 2.40. The van der Waals surface area contributed by atoms with Crippen molar-refractivity contribution < 1.29 is 4.79 Å². The summed E-state index contributed by atoms with van der Waals surface area (Å²) in [6, 6.07) is 20.0. The van der Waals surface area contributed by atoms with Gasteiger partial charge in [0.25, 0.3) is 0 Å². The zero-order valence-corrected chi connectivity index (χ0v) is 13.6. The first-order chi connectivity index (χ1) is 11.0. The lowest BCUT2D eigenvalue weighted by Crippen LogP contribution is -2.53. The molecular formula is C20H24N2O. The summed E-state index contributed by atoms with van der Waals surface area (Å²) in [6.45, 7) is 2.42. The van der Waals surface area contributed by atoms with Crippen LogP contribution in [0.25, 0.3) is 0 Å². The van der Waals surface area contributed by atoms with Crippen LogP contribution in [-0.4, -0.2) is 12.5 Å². The predicted molar refractivity (Wildman–Crippen MR) is 93.0 cm³/mol. The first-order valence-corrected chi connectivity index (χ1v) is 8.23. The van der Waals surface area contributed by atoms with Crippen molar-refractivity contribution >= 4 is 5.91 Å². The third-order valence-electron chi connectivity index (χ3n) is 5.13. The number of nitrogens with two attached hydrogens (primary N) is 1. The Balaban J connectivity index is 1.71. The second kappa shape index (κ2) is 6.17. The molecule has 0 bridgehead atoms. The number of amides is 1. The van der Waals surface area contributed by atoms with Crippen LogP contribution >= 0.6 is 0 Å². The van der Waals surface area contributed by atoms with Gasteiger partial charge in [-0.15, -0.1) is 0 Å². The van der Waals surface area contributed by atoms with Crippen molar-refractivity contribution in [3.63, 3.8) is 0 Å². The maximum Gasteiger partial charge on any atom is 0.244 e. The molecule has 0 aliphatic heterocycles. The van der Waals surface area contributed by atoms with E-state index in [4.69, 9.17) is 5.73 Å². The Hall–Kier alpha value is -2.13. The molecular weight excluding hydrogens is 284 g/mol. The molecule has 120 valence electrons. The van der Waals surface area contributed by atoms with Crippen molar-refractivity contribution in [3.05, 3.63) is 71.8 Å². The molecule has 1 unspecified atom stereocenters. The quantitative estimate of drug-likeness (QED) is 0.892. The Bertz CT molecular complexity index is 661. The lowest BCUT2D eigenvalue weighted by atomic mass is 9.64. The van der Waals surface area contributed by atoms with E-state index in [0.717, 1.165) is 18.4 Å². The number of carbonyl (C=O) groups excluding carboxylic acids is 1. The summed E-state index contributed by atoms with van der Waals surface area (Å²) in [7, 11) is 0. The molecule has 0 heterocycles. The fourth-order valence-electron chi connectivity index (χ4n) is 3.31. The van der Waals surface area contributed by atoms with Crippen LogP contribution < -0.4 is 11.1 Å². The molecule has 0 aromatic heterocycles. The van der Waals surface area contributed by atoms with Crippen LogP contribution in [0.5, 0.6) is 0 Å². The third kappa shape index (κ3) is 3.02. The maximum absolute atomic E-state index is 12.6. The summed E-state index contributed by atoms with van der Waals surface area (Å²) in [5.41, 5.74) is 7.50. The Morgan fingerprint density at radius 1 is 1.09 bits per heavy atom. The van der Waals surface area contributed by atoms with Gasteiger partial charge in [-0.1, -0.05) is 67.1 Å². The van der Waals surface area contributed by atoms with Gasteiger partial charge < -0.3 is 11.1 Å². The van der Waals surface area contributed by atoms with Gasteiger partial charge >= 0.3 is 0 Å². The second-order valence-corrected chi connectivity index (χ2v) is 6.75. The molecule has 1 atom stereocenters. The Morgan fingerprint density at radius 2 is 1.65 bits per heavy atom. The number of hydrogen-bond donors (Lipinski definition) is 2. The van der Waals surface area contributed by atoms with E-state index in [9.17, 15) is 4.79 Å². The van der Waals surface area contributed by atoms with Gasteiger partial charge in [-0.3, -0.25) is 4.79 Å². The normalized spacial score (nSPS) is 18.5. The molecule has 0 spiro atoms. The van der Waals surface area contributed by atoms with E-state index in [0.29, 0.717) is 6.54 Å². The summed E-state index contributed by atoms with van der Waals surface area (Å²) in [4.78, 5) is 12.6. The molecule has 3 rings (SSSR count). The van der Waals surface area contributed by atoms with Crippen LogP contribution in [-0.2, 0) is 15.7 Å². The van der Waals surface area contributed by atoms with E-state index in [1.165, 1.54) is 12.0 Å². The fourth-order valence-corrected chi connectivity index (χ4v) is 3.31.